The van der Waals surface area contributed by atoms with E-state index in [1.807, 2.05) is 52.0 Å². The number of hydrogen-bond donors (Lipinski definition) is 4. The summed E-state index contributed by atoms with van der Waals surface area (Å²) in [4.78, 5) is 32.7. The molecule has 1 saturated heterocycles. The highest BCUT2D eigenvalue weighted by Gasteiger charge is 2.48. The Labute approximate surface area is 235 Å². The zero-order valence-electron chi connectivity index (χ0n) is 23.7. The van der Waals surface area contributed by atoms with Crippen LogP contribution < -0.4 is 10.6 Å². The minimum Gasteiger partial charge on any atom is -0.426 e. The molecule has 0 saturated carbocycles. The maximum absolute atomic E-state index is 13.6. The monoisotopic (exact) mass is 553 g/mol. The largest absolute Gasteiger partial charge is 0.475 e. The fourth-order valence-electron chi connectivity index (χ4n) is 5.32. The molecule has 0 aliphatic carbocycles. The molecule has 2 aliphatic rings. The quantitative estimate of drug-likeness (QED) is 0.311. The molecule has 40 heavy (non-hydrogen) atoms. The molecule has 216 valence electrons. The second-order valence-corrected chi connectivity index (χ2v) is 11.4. The summed E-state index contributed by atoms with van der Waals surface area (Å²) in [5.41, 5.74) is 2.28. The van der Waals surface area contributed by atoms with Gasteiger partial charge in [0.2, 0.25) is 5.60 Å². The molecular weight excluding hydrogens is 513 g/mol. The Hall–Kier alpha value is -3.22. The fraction of sp³-hybridized carbons (Fsp3) is 0.571. The van der Waals surface area contributed by atoms with E-state index < -0.39 is 24.6 Å². The molecule has 2 atom stereocenters. The van der Waals surface area contributed by atoms with Crippen LogP contribution in [0.2, 0.25) is 0 Å². The number of ether oxygens (including phenoxy) is 1. The van der Waals surface area contributed by atoms with Gasteiger partial charge in [0.15, 0.2) is 0 Å². The van der Waals surface area contributed by atoms with Crippen LogP contribution in [-0.2, 0) is 20.8 Å². The number of nitrogens with one attached hydrogen (secondary N) is 2. The minimum atomic E-state index is -1.72. The predicted molar refractivity (Wildman–Crippen MR) is 151 cm³/mol. The number of benzene rings is 1. The standard InChI is InChI=1S/C28H40BN5O6/c1-18(2)12-25(29(37)38)31-27(36)28(15-21-7-5-6-19(3)13-21)16-22(33-40-28)17-30-26(35)24-14-20(4)32-34(24)23-8-10-39-11-9-23/h5-7,13-14,18,23,25,37-38H,8-12,15-17H2,1-4H3,(H,30,35)(H,31,36)/t25-,28?/m0/s1. The van der Waals surface area contributed by atoms with Crippen molar-refractivity contribution in [1.82, 2.24) is 20.4 Å². The Balaban J connectivity index is 1.47. The van der Waals surface area contributed by atoms with Gasteiger partial charge in [0.25, 0.3) is 11.8 Å². The molecule has 1 aromatic heterocycles. The summed E-state index contributed by atoms with van der Waals surface area (Å²) in [6, 6.07) is 9.64. The lowest BCUT2D eigenvalue weighted by molar-refractivity contribution is -0.144. The van der Waals surface area contributed by atoms with E-state index in [0.29, 0.717) is 31.0 Å². The van der Waals surface area contributed by atoms with E-state index in [2.05, 4.69) is 20.9 Å². The van der Waals surface area contributed by atoms with Crippen LogP contribution in [0.3, 0.4) is 0 Å². The van der Waals surface area contributed by atoms with Gasteiger partial charge in [0.1, 0.15) is 5.69 Å². The van der Waals surface area contributed by atoms with Crippen LogP contribution in [0, 0.1) is 19.8 Å². The van der Waals surface area contributed by atoms with E-state index >= 15 is 0 Å². The van der Waals surface area contributed by atoms with Crippen molar-refractivity contribution in [3.63, 3.8) is 0 Å². The zero-order chi connectivity index (χ0) is 28.9. The van der Waals surface area contributed by atoms with Crippen molar-refractivity contribution in [2.24, 2.45) is 11.1 Å². The van der Waals surface area contributed by atoms with E-state index in [4.69, 9.17) is 9.57 Å². The molecule has 1 fully saturated rings. The van der Waals surface area contributed by atoms with Gasteiger partial charge < -0.3 is 30.3 Å². The lowest BCUT2D eigenvalue weighted by atomic mass is 9.74. The number of carbonyl (C=O) groups is 2. The van der Waals surface area contributed by atoms with Gasteiger partial charge in [-0.1, -0.05) is 48.8 Å². The van der Waals surface area contributed by atoms with Gasteiger partial charge in [-0.15, -0.1) is 0 Å². The summed E-state index contributed by atoms with van der Waals surface area (Å²) < 4.78 is 7.24. The Morgan fingerprint density at radius 2 is 1.95 bits per heavy atom. The molecule has 2 aromatic rings. The maximum Gasteiger partial charge on any atom is 0.475 e. The van der Waals surface area contributed by atoms with Crippen molar-refractivity contribution in [3.8, 4) is 0 Å². The van der Waals surface area contributed by atoms with E-state index in [1.54, 1.807) is 10.7 Å². The first-order chi connectivity index (χ1) is 19.1. The van der Waals surface area contributed by atoms with Gasteiger partial charge in [0, 0.05) is 26.1 Å². The summed E-state index contributed by atoms with van der Waals surface area (Å²) >= 11 is 0. The smallest absolute Gasteiger partial charge is 0.426 e. The number of oxime groups is 1. The van der Waals surface area contributed by atoms with Gasteiger partial charge in [-0.25, -0.2) is 0 Å². The van der Waals surface area contributed by atoms with Crippen LogP contribution in [0.15, 0.2) is 35.5 Å². The lowest BCUT2D eigenvalue weighted by Crippen LogP contribution is -2.56. The first-order valence-electron chi connectivity index (χ1n) is 13.9. The molecule has 12 heteroatoms. The van der Waals surface area contributed by atoms with Crippen LogP contribution in [0.1, 0.15) is 72.9 Å². The van der Waals surface area contributed by atoms with Crippen LogP contribution in [0.4, 0.5) is 0 Å². The fourth-order valence-corrected chi connectivity index (χ4v) is 5.32. The van der Waals surface area contributed by atoms with Gasteiger partial charge in [0.05, 0.1) is 29.9 Å². The highest BCUT2D eigenvalue weighted by atomic mass is 16.7. The van der Waals surface area contributed by atoms with Crippen LogP contribution in [0.25, 0.3) is 0 Å². The molecule has 2 aliphatic heterocycles. The van der Waals surface area contributed by atoms with E-state index in [9.17, 15) is 19.6 Å². The Morgan fingerprint density at radius 3 is 2.62 bits per heavy atom. The summed E-state index contributed by atoms with van der Waals surface area (Å²) in [7, 11) is -1.72. The van der Waals surface area contributed by atoms with Gasteiger partial charge in [-0.3, -0.25) is 14.3 Å². The first kappa shape index (κ1) is 29.8. The molecule has 3 heterocycles. The number of aryl methyl sites for hydroxylation is 2. The lowest BCUT2D eigenvalue weighted by Gasteiger charge is -2.29. The van der Waals surface area contributed by atoms with Crippen molar-refractivity contribution in [2.75, 3.05) is 19.8 Å². The Kier molecular flexibility index (Phi) is 9.65. The van der Waals surface area contributed by atoms with Crippen LogP contribution in [-0.4, -0.2) is 75.8 Å². The second kappa shape index (κ2) is 13.0. The van der Waals surface area contributed by atoms with Gasteiger partial charge in [-0.2, -0.15) is 5.10 Å². The SMILES string of the molecule is Cc1cccc(CC2(C(=O)N[C@@H](CC(C)C)B(O)O)CC(CNC(=O)c3cc(C)nn3C3CCOCC3)=NO2)c1. The third kappa shape index (κ3) is 7.29. The van der Waals surface area contributed by atoms with E-state index in [0.717, 1.165) is 29.7 Å². The molecule has 0 bridgehead atoms. The number of hydrogen-bond acceptors (Lipinski definition) is 8. The van der Waals surface area contributed by atoms with E-state index in [-0.39, 0.29) is 37.3 Å². The number of amides is 2. The van der Waals surface area contributed by atoms with Crippen molar-refractivity contribution in [3.05, 3.63) is 52.8 Å². The number of carbonyl (C=O) groups excluding carboxylic acids is 2. The summed E-state index contributed by atoms with van der Waals surface area (Å²) in [5.74, 6) is -1.49. The maximum atomic E-state index is 13.6. The molecule has 1 unspecified atom stereocenters. The topological polar surface area (TPSA) is 147 Å². The third-order valence-electron chi connectivity index (χ3n) is 7.31. The van der Waals surface area contributed by atoms with Crippen molar-refractivity contribution >= 4 is 24.6 Å². The third-order valence-corrected chi connectivity index (χ3v) is 7.31. The normalized spacial score (nSPS) is 20.1. The highest BCUT2D eigenvalue weighted by molar-refractivity contribution is 6.43. The molecule has 0 spiro atoms. The summed E-state index contributed by atoms with van der Waals surface area (Å²) in [5, 5.41) is 34.2. The van der Waals surface area contributed by atoms with Crippen molar-refractivity contribution in [2.45, 2.75) is 77.4 Å². The number of aromatic nitrogens is 2. The molecule has 0 radical (unpaired) electrons. The molecular formula is C28H40BN5O6. The zero-order valence-corrected chi connectivity index (χ0v) is 23.7. The number of nitrogens with zero attached hydrogens (tertiary/aromatic N) is 3. The average Bonchev–Trinajstić information content (AvgIpc) is 3.51. The molecule has 1 aromatic carbocycles. The summed E-state index contributed by atoms with van der Waals surface area (Å²) in [6.07, 6.45) is 2.33. The molecule has 2 amide bonds. The van der Waals surface area contributed by atoms with Gasteiger partial charge >= 0.3 is 7.12 Å². The number of rotatable bonds is 11. The van der Waals surface area contributed by atoms with Crippen molar-refractivity contribution < 1.29 is 29.2 Å². The molecule has 4 N–H and O–H groups in total. The van der Waals surface area contributed by atoms with Crippen LogP contribution in [0.5, 0.6) is 0 Å². The van der Waals surface area contributed by atoms with Gasteiger partial charge in [-0.05, 0) is 50.7 Å². The minimum absolute atomic E-state index is 0.0950. The second-order valence-electron chi connectivity index (χ2n) is 11.4. The molecule has 11 nitrogen and oxygen atoms in total. The van der Waals surface area contributed by atoms with E-state index in [1.165, 1.54) is 0 Å². The predicted octanol–water partition coefficient (Wildman–Crippen LogP) is 1.88. The van der Waals surface area contributed by atoms with Crippen molar-refractivity contribution in [1.29, 1.82) is 0 Å². The average molecular weight is 553 g/mol. The Morgan fingerprint density at radius 1 is 1.20 bits per heavy atom. The molecule has 4 rings (SSSR count). The van der Waals surface area contributed by atoms with Crippen LogP contribution >= 0.6 is 0 Å². The Bertz CT molecular complexity index is 1230. The first-order valence-corrected chi connectivity index (χ1v) is 13.9. The highest BCUT2D eigenvalue weighted by Crippen LogP contribution is 2.30. The summed E-state index contributed by atoms with van der Waals surface area (Å²) in [6.45, 7) is 9.07.